The number of carboxylic acid groups (broad SMARTS) is 1. The van der Waals surface area contributed by atoms with E-state index in [1.54, 1.807) is 18.7 Å². The van der Waals surface area contributed by atoms with Gasteiger partial charge in [0.25, 0.3) is 0 Å². The van der Waals surface area contributed by atoms with Gasteiger partial charge in [0.05, 0.1) is 12.5 Å². The van der Waals surface area contributed by atoms with Crippen LogP contribution in [0.3, 0.4) is 0 Å². The molecule has 0 saturated heterocycles. The van der Waals surface area contributed by atoms with Crippen LogP contribution in [0.4, 0.5) is 6.01 Å². The molecule has 0 fully saturated rings. The molecule has 1 atom stereocenters. The first-order valence-corrected chi connectivity index (χ1v) is 5.97. The molecule has 1 unspecified atom stereocenters. The molecule has 0 aliphatic carbocycles. The standard InChI is InChI=1S/C11H18N4O4/c1-4-15(5-7(2)10(17)18)6-9(16)12-11-14-13-8(3)19-11/h7H,4-6H2,1-3H3,(H,17,18)(H,12,14,16). The van der Waals surface area contributed by atoms with Crippen molar-refractivity contribution in [2.45, 2.75) is 20.8 Å². The smallest absolute Gasteiger partial charge is 0.322 e. The number of nitrogens with one attached hydrogen (secondary N) is 1. The first kappa shape index (κ1) is 15.1. The van der Waals surface area contributed by atoms with Crippen molar-refractivity contribution in [3.63, 3.8) is 0 Å². The summed E-state index contributed by atoms with van der Waals surface area (Å²) in [5, 5.41) is 18.5. The molecule has 0 aromatic carbocycles. The monoisotopic (exact) mass is 270 g/mol. The van der Waals surface area contributed by atoms with Gasteiger partial charge in [0.1, 0.15) is 0 Å². The summed E-state index contributed by atoms with van der Waals surface area (Å²) >= 11 is 0. The summed E-state index contributed by atoms with van der Waals surface area (Å²) in [5.74, 6) is -1.37. The van der Waals surface area contributed by atoms with Crippen molar-refractivity contribution >= 4 is 17.9 Å². The van der Waals surface area contributed by atoms with Crippen LogP contribution in [0, 0.1) is 12.8 Å². The molecule has 106 valence electrons. The van der Waals surface area contributed by atoms with E-state index in [1.807, 2.05) is 6.92 Å². The van der Waals surface area contributed by atoms with Crippen LogP contribution in [-0.4, -0.2) is 51.7 Å². The number of carboxylic acids is 1. The third-order valence-electron chi connectivity index (χ3n) is 2.54. The molecule has 0 radical (unpaired) electrons. The second-order valence-electron chi connectivity index (χ2n) is 4.24. The molecule has 19 heavy (non-hydrogen) atoms. The van der Waals surface area contributed by atoms with E-state index in [0.717, 1.165) is 0 Å². The summed E-state index contributed by atoms with van der Waals surface area (Å²) in [5.41, 5.74) is 0. The summed E-state index contributed by atoms with van der Waals surface area (Å²) < 4.78 is 5.02. The Balaban J connectivity index is 2.46. The average Bonchev–Trinajstić information content (AvgIpc) is 2.73. The molecular formula is C11H18N4O4. The van der Waals surface area contributed by atoms with Gasteiger partial charge in [-0.1, -0.05) is 18.9 Å². The van der Waals surface area contributed by atoms with Crippen LogP contribution in [0.2, 0.25) is 0 Å². The third kappa shape index (κ3) is 5.04. The summed E-state index contributed by atoms with van der Waals surface area (Å²) in [6.07, 6.45) is 0. The van der Waals surface area contributed by atoms with Crippen molar-refractivity contribution in [2.24, 2.45) is 5.92 Å². The highest BCUT2D eigenvalue weighted by Crippen LogP contribution is 2.05. The Labute approximate surface area is 110 Å². The van der Waals surface area contributed by atoms with Gasteiger partial charge in [-0.2, -0.15) is 0 Å². The minimum atomic E-state index is -0.883. The molecule has 2 N–H and O–H groups in total. The van der Waals surface area contributed by atoms with E-state index < -0.39 is 11.9 Å². The molecule has 0 aliphatic rings. The summed E-state index contributed by atoms with van der Waals surface area (Å²) in [6, 6.07) is 0.0461. The van der Waals surface area contributed by atoms with E-state index in [2.05, 4.69) is 15.5 Å². The minimum absolute atomic E-state index is 0.0461. The number of amides is 1. The Kier molecular flexibility index (Phi) is 5.43. The maximum absolute atomic E-state index is 11.7. The van der Waals surface area contributed by atoms with Crippen molar-refractivity contribution in [1.29, 1.82) is 0 Å². The van der Waals surface area contributed by atoms with Gasteiger partial charge in [0, 0.05) is 13.5 Å². The fraction of sp³-hybridized carbons (Fsp3) is 0.636. The van der Waals surface area contributed by atoms with Crippen LogP contribution in [0.15, 0.2) is 4.42 Å². The van der Waals surface area contributed by atoms with Crippen molar-refractivity contribution < 1.29 is 19.1 Å². The highest BCUT2D eigenvalue weighted by Gasteiger charge is 2.18. The minimum Gasteiger partial charge on any atom is -0.481 e. The quantitative estimate of drug-likeness (QED) is 0.736. The fourth-order valence-corrected chi connectivity index (χ4v) is 1.48. The number of carbonyl (C=O) groups excluding carboxylic acids is 1. The zero-order chi connectivity index (χ0) is 14.4. The van der Waals surface area contributed by atoms with Crippen LogP contribution < -0.4 is 5.32 Å². The molecule has 0 saturated carbocycles. The SMILES string of the molecule is CCN(CC(=O)Nc1nnc(C)o1)CC(C)C(=O)O. The summed E-state index contributed by atoms with van der Waals surface area (Å²) in [7, 11) is 0. The largest absolute Gasteiger partial charge is 0.481 e. The Hall–Kier alpha value is -1.96. The molecule has 1 heterocycles. The number of hydrogen-bond acceptors (Lipinski definition) is 6. The Morgan fingerprint density at radius 3 is 2.63 bits per heavy atom. The van der Waals surface area contributed by atoms with Crippen molar-refractivity contribution in [3.8, 4) is 0 Å². The lowest BCUT2D eigenvalue weighted by Gasteiger charge is -2.21. The highest BCUT2D eigenvalue weighted by atomic mass is 16.4. The van der Waals surface area contributed by atoms with Crippen LogP contribution >= 0.6 is 0 Å². The first-order valence-electron chi connectivity index (χ1n) is 5.97. The highest BCUT2D eigenvalue weighted by molar-refractivity contribution is 5.90. The van der Waals surface area contributed by atoms with E-state index in [1.165, 1.54) is 0 Å². The van der Waals surface area contributed by atoms with E-state index in [0.29, 0.717) is 19.0 Å². The number of aromatic nitrogens is 2. The number of carbonyl (C=O) groups is 2. The molecule has 8 heteroatoms. The maximum Gasteiger partial charge on any atom is 0.322 e. The van der Waals surface area contributed by atoms with Crippen LogP contribution in [0.1, 0.15) is 19.7 Å². The average molecular weight is 270 g/mol. The maximum atomic E-state index is 11.7. The number of rotatable bonds is 7. The normalized spacial score (nSPS) is 12.4. The fourth-order valence-electron chi connectivity index (χ4n) is 1.48. The number of nitrogens with zero attached hydrogens (tertiary/aromatic N) is 3. The Morgan fingerprint density at radius 2 is 2.16 bits per heavy atom. The van der Waals surface area contributed by atoms with Gasteiger partial charge in [-0.15, -0.1) is 5.10 Å². The Morgan fingerprint density at radius 1 is 1.47 bits per heavy atom. The predicted molar refractivity (Wildman–Crippen MR) is 66.6 cm³/mol. The van der Waals surface area contributed by atoms with E-state index in [9.17, 15) is 9.59 Å². The lowest BCUT2D eigenvalue weighted by molar-refractivity contribution is -0.142. The lowest BCUT2D eigenvalue weighted by atomic mass is 10.1. The predicted octanol–water partition coefficient (Wildman–Crippen LogP) is 0.359. The topological polar surface area (TPSA) is 109 Å². The zero-order valence-electron chi connectivity index (χ0n) is 11.2. The molecule has 0 aliphatic heterocycles. The molecule has 8 nitrogen and oxygen atoms in total. The molecule has 1 rings (SSSR count). The van der Waals surface area contributed by atoms with Gasteiger partial charge in [-0.3, -0.25) is 19.8 Å². The number of anilines is 1. The van der Waals surface area contributed by atoms with Gasteiger partial charge >= 0.3 is 12.0 Å². The lowest BCUT2D eigenvalue weighted by Crippen LogP contribution is -2.37. The van der Waals surface area contributed by atoms with Gasteiger partial charge in [0.2, 0.25) is 11.8 Å². The molecule has 1 aromatic heterocycles. The molecule has 1 amide bonds. The van der Waals surface area contributed by atoms with Crippen molar-refractivity contribution in [3.05, 3.63) is 5.89 Å². The third-order valence-corrected chi connectivity index (χ3v) is 2.54. The zero-order valence-corrected chi connectivity index (χ0v) is 11.2. The van der Waals surface area contributed by atoms with E-state index in [-0.39, 0.29) is 18.5 Å². The van der Waals surface area contributed by atoms with Crippen LogP contribution in [0.25, 0.3) is 0 Å². The Bertz CT molecular complexity index is 446. The molecule has 1 aromatic rings. The van der Waals surface area contributed by atoms with Crippen molar-refractivity contribution in [2.75, 3.05) is 25.0 Å². The summed E-state index contributed by atoms with van der Waals surface area (Å²) in [6.45, 7) is 6.05. The van der Waals surface area contributed by atoms with Crippen molar-refractivity contribution in [1.82, 2.24) is 15.1 Å². The van der Waals surface area contributed by atoms with E-state index in [4.69, 9.17) is 9.52 Å². The second-order valence-corrected chi connectivity index (χ2v) is 4.24. The number of likely N-dealkylation sites (N-methyl/N-ethyl adjacent to an activating group) is 1. The number of aryl methyl sites for hydroxylation is 1. The first-order chi connectivity index (χ1) is 8.92. The number of hydrogen-bond donors (Lipinski definition) is 2. The summed E-state index contributed by atoms with van der Waals surface area (Å²) in [4.78, 5) is 24.2. The van der Waals surface area contributed by atoms with Gasteiger partial charge in [-0.05, 0) is 6.54 Å². The number of aliphatic carboxylic acids is 1. The second kappa shape index (κ2) is 6.83. The van der Waals surface area contributed by atoms with E-state index >= 15 is 0 Å². The van der Waals surface area contributed by atoms with Gasteiger partial charge in [-0.25, -0.2) is 0 Å². The van der Waals surface area contributed by atoms with Gasteiger partial charge in [0.15, 0.2) is 0 Å². The molecular weight excluding hydrogens is 252 g/mol. The van der Waals surface area contributed by atoms with Crippen LogP contribution in [-0.2, 0) is 9.59 Å². The molecule has 0 spiro atoms. The van der Waals surface area contributed by atoms with Gasteiger partial charge < -0.3 is 9.52 Å². The molecule has 0 bridgehead atoms. The van der Waals surface area contributed by atoms with Crippen LogP contribution in [0.5, 0.6) is 0 Å².